The Balaban J connectivity index is 1.98. The van der Waals surface area contributed by atoms with Gasteiger partial charge in [0.05, 0.1) is 11.7 Å². The Morgan fingerprint density at radius 1 is 1.06 bits per heavy atom. The highest BCUT2D eigenvalue weighted by atomic mass is 16.3. The number of rotatable bonds is 4. The summed E-state index contributed by atoms with van der Waals surface area (Å²) in [5, 5.41) is 20.7. The first-order chi connectivity index (χ1) is 8.64. The van der Waals surface area contributed by atoms with Crippen LogP contribution in [0.2, 0.25) is 0 Å². The molecule has 0 aromatic heterocycles. The van der Waals surface area contributed by atoms with Gasteiger partial charge in [0.1, 0.15) is 0 Å². The summed E-state index contributed by atoms with van der Waals surface area (Å²) in [5.74, 6) is 0. The largest absolute Gasteiger partial charge is 0.390 e. The molecule has 18 heavy (non-hydrogen) atoms. The summed E-state index contributed by atoms with van der Waals surface area (Å²) in [4.78, 5) is 0. The summed E-state index contributed by atoms with van der Waals surface area (Å²) in [6.45, 7) is 2.13. The van der Waals surface area contributed by atoms with E-state index >= 15 is 0 Å². The van der Waals surface area contributed by atoms with Crippen LogP contribution in [0.4, 0.5) is 0 Å². The van der Waals surface area contributed by atoms with Crippen LogP contribution < -0.4 is 0 Å². The number of aliphatic hydroxyl groups excluding tert-OH is 1. The van der Waals surface area contributed by atoms with Gasteiger partial charge < -0.3 is 10.2 Å². The molecule has 100 valence electrons. The van der Waals surface area contributed by atoms with Crippen molar-refractivity contribution in [2.24, 2.45) is 0 Å². The molecule has 1 aromatic carbocycles. The fourth-order valence-electron chi connectivity index (χ4n) is 2.82. The molecule has 2 heteroatoms. The third kappa shape index (κ3) is 3.12. The van der Waals surface area contributed by atoms with Crippen LogP contribution in [0.5, 0.6) is 0 Å². The van der Waals surface area contributed by atoms with Crippen LogP contribution in [-0.4, -0.2) is 21.9 Å². The predicted molar refractivity (Wildman–Crippen MR) is 73.6 cm³/mol. The van der Waals surface area contributed by atoms with Gasteiger partial charge in [-0.15, -0.1) is 0 Å². The van der Waals surface area contributed by atoms with Crippen molar-refractivity contribution >= 4 is 0 Å². The van der Waals surface area contributed by atoms with Crippen molar-refractivity contribution in [3.05, 3.63) is 35.4 Å². The SMILES string of the molecule is CCc1ccc(CC(O)C2(O)CCCCC2)cc1. The average Bonchev–Trinajstić information content (AvgIpc) is 2.40. The second-order valence-electron chi connectivity index (χ2n) is 5.55. The molecule has 1 aliphatic rings. The zero-order valence-corrected chi connectivity index (χ0v) is 11.2. The van der Waals surface area contributed by atoms with E-state index in [0.717, 1.165) is 37.7 Å². The van der Waals surface area contributed by atoms with E-state index in [1.165, 1.54) is 12.0 Å². The Kier molecular flexibility index (Phi) is 4.41. The fourth-order valence-corrected chi connectivity index (χ4v) is 2.82. The number of benzene rings is 1. The van der Waals surface area contributed by atoms with Gasteiger partial charge in [-0.25, -0.2) is 0 Å². The van der Waals surface area contributed by atoms with Crippen LogP contribution in [0.1, 0.15) is 50.2 Å². The molecule has 1 aliphatic carbocycles. The topological polar surface area (TPSA) is 40.5 Å². The van der Waals surface area contributed by atoms with E-state index in [1.807, 2.05) is 0 Å². The molecule has 1 saturated carbocycles. The second-order valence-corrected chi connectivity index (χ2v) is 5.55. The van der Waals surface area contributed by atoms with Crippen molar-refractivity contribution in [1.82, 2.24) is 0 Å². The minimum Gasteiger partial charge on any atom is -0.390 e. The summed E-state index contributed by atoms with van der Waals surface area (Å²) >= 11 is 0. The van der Waals surface area contributed by atoms with E-state index < -0.39 is 11.7 Å². The van der Waals surface area contributed by atoms with Gasteiger partial charge in [-0.2, -0.15) is 0 Å². The molecular weight excluding hydrogens is 224 g/mol. The highest BCUT2D eigenvalue weighted by Gasteiger charge is 2.36. The number of aliphatic hydroxyl groups is 2. The Morgan fingerprint density at radius 2 is 1.61 bits per heavy atom. The van der Waals surface area contributed by atoms with Crippen LogP contribution in [0.3, 0.4) is 0 Å². The van der Waals surface area contributed by atoms with E-state index in [-0.39, 0.29) is 0 Å². The number of hydrogen-bond donors (Lipinski definition) is 2. The van der Waals surface area contributed by atoms with Crippen molar-refractivity contribution in [3.63, 3.8) is 0 Å². The molecule has 1 fully saturated rings. The summed E-state index contributed by atoms with van der Waals surface area (Å²) in [6.07, 6.45) is 5.67. The molecule has 0 aliphatic heterocycles. The standard InChI is InChI=1S/C16H24O2/c1-2-13-6-8-14(9-7-13)12-15(17)16(18)10-4-3-5-11-16/h6-9,15,17-18H,2-5,10-12H2,1H3. The lowest BCUT2D eigenvalue weighted by Gasteiger charge is -2.36. The highest BCUT2D eigenvalue weighted by Crippen LogP contribution is 2.32. The van der Waals surface area contributed by atoms with Gasteiger partial charge in [0, 0.05) is 6.42 Å². The Labute approximate surface area is 110 Å². The van der Waals surface area contributed by atoms with Gasteiger partial charge in [-0.05, 0) is 30.4 Å². The number of aryl methyl sites for hydroxylation is 1. The minimum atomic E-state index is -0.859. The van der Waals surface area contributed by atoms with Gasteiger partial charge in [-0.3, -0.25) is 0 Å². The maximum absolute atomic E-state index is 10.5. The smallest absolute Gasteiger partial charge is 0.0908 e. The maximum Gasteiger partial charge on any atom is 0.0908 e. The molecule has 0 radical (unpaired) electrons. The van der Waals surface area contributed by atoms with E-state index in [1.54, 1.807) is 0 Å². The highest BCUT2D eigenvalue weighted by molar-refractivity contribution is 5.23. The third-order valence-electron chi connectivity index (χ3n) is 4.20. The summed E-state index contributed by atoms with van der Waals surface area (Å²) in [6, 6.07) is 8.34. The molecule has 0 spiro atoms. The normalized spacial score (nSPS) is 20.6. The van der Waals surface area contributed by atoms with Gasteiger partial charge in [0.2, 0.25) is 0 Å². The Morgan fingerprint density at radius 3 is 2.17 bits per heavy atom. The summed E-state index contributed by atoms with van der Waals surface area (Å²) < 4.78 is 0. The Hall–Kier alpha value is -0.860. The molecule has 1 atom stereocenters. The molecule has 0 bridgehead atoms. The maximum atomic E-state index is 10.5. The molecule has 1 unspecified atom stereocenters. The summed E-state index contributed by atoms with van der Waals surface area (Å²) in [5.41, 5.74) is 1.56. The first-order valence-corrected chi connectivity index (χ1v) is 7.12. The zero-order chi connectivity index (χ0) is 13.0. The molecule has 1 aromatic rings. The third-order valence-corrected chi connectivity index (χ3v) is 4.20. The van der Waals surface area contributed by atoms with Crippen molar-refractivity contribution < 1.29 is 10.2 Å². The minimum absolute atomic E-state index is 0.556. The molecule has 2 rings (SSSR count). The van der Waals surface area contributed by atoms with E-state index in [4.69, 9.17) is 0 Å². The lowest BCUT2D eigenvalue weighted by atomic mass is 9.79. The van der Waals surface area contributed by atoms with Crippen LogP contribution in [0.15, 0.2) is 24.3 Å². The first-order valence-electron chi connectivity index (χ1n) is 7.12. The molecule has 0 heterocycles. The van der Waals surface area contributed by atoms with Crippen molar-refractivity contribution in [3.8, 4) is 0 Å². The van der Waals surface area contributed by atoms with Gasteiger partial charge in [0.25, 0.3) is 0 Å². The first kappa shape index (κ1) is 13.6. The number of hydrogen-bond acceptors (Lipinski definition) is 2. The average molecular weight is 248 g/mol. The lowest BCUT2D eigenvalue weighted by Crippen LogP contribution is -2.45. The molecule has 2 nitrogen and oxygen atoms in total. The monoisotopic (exact) mass is 248 g/mol. The molecule has 0 saturated heterocycles. The van der Waals surface area contributed by atoms with Crippen molar-refractivity contribution in [2.75, 3.05) is 0 Å². The van der Waals surface area contributed by atoms with Crippen LogP contribution in [-0.2, 0) is 12.8 Å². The van der Waals surface area contributed by atoms with E-state index in [2.05, 4.69) is 31.2 Å². The fraction of sp³-hybridized carbons (Fsp3) is 0.625. The van der Waals surface area contributed by atoms with Crippen LogP contribution in [0, 0.1) is 0 Å². The molecular formula is C16H24O2. The quantitative estimate of drug-likeness (QED) is 0.860. The lowest BCUT2D eigenvalue weighted by molar-refractivity contribution is -0.0960. The summed E-state index contributed by atoms with van der Waals surface area (Å²) in [7, 11) is 0. The van der Waals surface area contributed by atoms with Gasteiger partial charge in [0.15, 0.2) is 0 Å². The van der Waals surface area contributed by atoms with Crippen molar-refractivity contribution in [2.45, 2.75) is 63.6 Å². The second kappa shape index (κ2) is 5.85. The predicted octanol–water partition coefficient (Wildman–Crippen LogP) is 2.85. The van der Waals surface area contributed by atoms with Gasteiger partial charge >= 0.3 is 0 Å². The molecule has 2 N–H and O–H groups in total. The van der Waals surface area contributed by atoms with Crippen molar-refractivity contribution in [1.29, 1.82) is 0 Å². The zero-order valence-electron chi connectivity index (χ0n) is 11.2. The Bertz CT molecular complexity index is 363. The molecule has 0 amide bonds. The van der Waals surface area contributed by atoms with Gasteiger partial charge in [-0.1, -0.05) is 50.5 Å². The van der Waals surface area contributed by atoms with Crippen LogP contribution in [0.25, 0.3) is 0 Å². The van der Waals surface area contributed by atoms with E-state index in [0.29, 0.717) is 6.42 Å². The van der Waals surface area contributed by atoms with Crippen LogP contribution >= 0.6 is 0 Å². The van der Waals surface area contributed by atoms with E-state index in [9.17, 15) is 10.2 Å².